The summed E-state index contributed by atoms with van der Waals surface area (Å²) in [6.45, 7) is 0. The Morgan fingerprint density at radius 1 is 1.27 bits per heavy atom. The van der Waals surface area contributed by atoms with Gasteiger partial charge in [-0.25, -0.2) is 4.98 Å². The Morgan fingerprint density at radius 3 is 3.05 bits per heavy atom. The Hall–Kier alpha value is -2.82. The molecule has 0 aliphatic carbocycles. The fraction of sp³-hybridized carbons (Fsp3) is 0.176. The smallest absolute Gasteiger partial charge is 0.224 e. The van der Waals surface area contributed by atoms with Crippen molar-refractivity contribution < 1.29 is 13.9 Å². The maximum absolute atomic E-state index is 12.0. The van der Waals surface area contributed by atoms with Crippen molar-refractivity contribution in [3.63, 3.8) is 0 Å². The largest absolute Gasteiger partial charge is 0.497 e. The molecule has 0 saturated heterocycles. The lowest BCUT2D eigenvalue weighted by Gasteiger charge is -2.06. The van der Waals surface area contributed by atoms with Crippen molar-refractivity contribution in [1.29, 1.82) is 0 Å². The van der Waals surface area contributed by atoms with Gasteiger partial charge in [0.25, 0.3) is 0 Å². The van der Waals surface area contributed by atoms with Crippen molar-refractivity contribution in [1.82, 2.24) is 4.98 Å². The monoisotopic (exact) mass is 296 g/mol. The number of benzene rings is 2. The molecule has 2 aromatic carbocycles. The minimum absolute atomic E-state index is 0.0401. The number of amides is 1. The maximum atomic E-state index is 12.0. The zero-order valence-electron chi connectivity index (χ0n) is 12.2. The average Bonchev–Trinajstić information content (AvgIpc) is 3.01. The quantitative estimate of drug-likeness (QED) is 0.783. The van der Waals surface area contributed by atoms with Crippen LogP contribution >= 0.6 is 0 Å². The van der Waals surface area contributed by atoms with E-state index in [1.54, 1.807) is 13.2 Å². The number of oxazole rings is 1. The lowest BCUT2D eigenvalue weighted by molar-refractivity contribution is -0.116. The van der Waals surface area contributed by atoms with E-state index in [0.717, 1.165) is 16.8 Å². The summed E-state index contributed by atoms with van der Waals surface area (Å²) in [5.41, 5.74) is 3.21. The summed E-state index contributed by atoms with van der Waals surface area (Å²) in [6, 6.07) is 13.1. The molecule has 5 heteroatoms. The summed E-state index contributed by atoms with van der Waals surface area (Å²) in [5, 5.41) is 2.86. The highest BCUT2D eigenvalue weighted by atomic mass is 16.5. The summed E-state index contributed by atoms with van der Waals surface area (Å²) in [4.78, 5) is 16.1. The zero-order chi connectivity index (χ0) is 15.4. The molecule has 5 nitrogen and oxygen atoms in total. The Kier molecular flexibility index (Phi) is 4.05. The molecule has 1 heterocycles. The molecule has 0 spiro atoms. The van der Waals surface area contributed by atoms with Gasteiger partial charge in [0.2, 0.25) is 5.91 Å². The summed E-state index contributed by atoms with van der Waals surface area (Å²) in [7, 11) is 1.63. The number of methoxy groups -OCH3 is 1. The van der Waals surface area contributed by atoms with Gasteiger partial charge in [-0.3, -0.25) is 4.79 Å². The van der Waals surface area contributed by atoms with E-state index < -0.39 is 0 Å². The van der Waals surface area contributed by atoms with Gasteiger partial charge in [0.15, 0.2) is 12.0 Å². The standard InChI is InChI=1S/C17H16N2O3/c1-21-14-4-2-3-12(9-14)5-8-17(20)19-13-6-7-15-16(10-13)22-11-18-15/h2-4,6-7,9-11H,5,8H2,1H3,(H,19,20). The second kappa shape index (κ2) is 6.30. The summed E-state index contributed by atoms with van der Waals surface area (Å²) in [5.74, 6) is 0.760. The molecule has 3 aromatic rings. The van der Waals surface area contributed by atoms with E-state index in [9.17, 15) is 4.79 Å². The van der Waals surface area contributed by atoms with Gasteiger partial charge in [0, 0.05) is 18.2 Å². The van der Waals surface area contributed by atoms with Gasteiger partial charge in [0.1, 0.15) is 11.3 Å². The third kappa shape index (κ3) is 3.25. The van der Waals surface area contributed by atoms with Crippen LogP contribution in [0, 0.1) is 0 Å². The number of rotatable bonds is 5. The van der Waals surface area contributed by atoms with Gasteiger partial charge in [-0.2, -0.15) is 0 Å². The molecule has 1 amide bonds. The number of hydrogen-bond acceptors (Lipinski definition) is 4. The molecule has 3 rings (SSSR count). The Balaban J connectivity index is 1.59. The van der Waals surface area contributed by atoms with E-state index in [1.807, 2.05) is 36.4 Å². The van der Waals surface area contributed by atoms with Crippen molar-refractivity contribution in [3.05, 3.63) is 54.4 Å². The highest BCUT2D eigenvalue weighted by molar-refractivity contribution is 5.92. The summed E-state index contributed by atoms with van der Waals surface area (Å²) >= 11 is 0. The molecule has 22 heavy (non-hydrogen) atoms. The van der Waals surface area contributed by atoms with E-state index in [1.165, 1.54) is 6.39 Å². The Bertz CT molecular complexity index is 795. The number of anilines is 1. The van der Waals surface area contributed by atoms with Gasteiger partial charge < -0.3 is 14.5 Å². The molecule has 112 valence electrons. The predicted molar refractivity (Wildman–Crippen MR) is 84.0 cm³/mol. The Morgan fingerprint density at radius 2 is 2.18 bits per heavy atom. The first kappa shape index (κ1) is 14.1. The predicted octanol–water partition coefficient (Wildman–Crippen LogP) is 3.41. The number of carbonyl (C=O) groups is 1. The first-order chi connectivity index (χ1) is 10.7. The van der Waals surface area contributed by atoms with Crippen LogP contribution in [0.25, 0.3) is 11.1 Å². The number of nitrogens with zero attached hydrogens (tertiary/aromatic N) is 1. The van der Waals surface area contributed by atoms with E-state index in [0.29, 0.717) is 24.1 Å². The third-order valence-electron chi connectivity index (χ3n) is 3.39. The van der Waals surface area contributed by atoms with Crippen LogP contribution in [0.5, 0.6) is 5.75 Å². The third-order valence-corrected chi connectivity index (χ3v) is 3.39. The molecule has 0 fully saturated rings. The summed E-state index contributed by atoms with van der Waals surface area (Å²) < 4.78 is 10.4. The van der Waals surface area contributed by atoms with Crippen LogP contribution in [0.15, 0.2) is 53.3 Å². The van der Waals surface area contributed by atoms with Crippen molar-refractivity contribution >= 4 is 22.7 Å². The normalized spacial score (nSPS) is 10.6. The van der Waals surface area contributed by atoms with E-state index in [-0.39, 0.29) is 5.91 Å². The molecular weight excluding hydrogens is 280 g/mol. The van der Waals surface area contributed by atoms with Crippen LogP contribution in [0.3, 0.4) is 0 Å². The van der Waals surface area contributed by atoms with Crippen molar-refractivity contribution in [2.45, 2.75) is 12.8 Å². The van der Waals surface area contributed by atoms with E-state index >= 15 is 0 Å². The maximum Gasteiger partial charge on any atom is 0.224 e. The molecule has 0 unspecified atom stereocenters. The SMILES string of the molecule is COc1cccc(CCC(=O)Nc2ccc3ncoc3c2)c1. The number of nitrogens with one attached hydrogen (secondary N) is 1. The first-order valence-corrected chi connectivity index (χ1v) is 7.00. The number of hydrogen-bond donors (Lipinski definition) is 1. The lowest BCUT2D eigenvalue weighted by Crippen LogP contribution is -2.12. The van der Waals surface area contributed by atoms with Gasteiger partial charge in [-0.1, -0.05) is 12.1 Å². The molecule has 0 aliphatic heterocycles. The molecule has 1 aromatic heterocycles. The molecule has 1 N–H and O–H groups in total. The highest BCUT2D eigenvalue weighted by Gasteiger charge is 2.06. The van der Waals surface area contributed by atoms with Crippen molar-refractivity contribution in [2.75, 3.05) is 12.4 Å². The Labute approximate surface area is 127 Å². The van der Waals surface area contributed by atoms with Gasteiger partial charge in [-0.15, -0.1) is 0 Å². The van der Waals surface area contributed by atoms with E-state index in [4.69, 9.17) is 9.15 Å². The van der Waals surface area contributed by atoms with Gasteiger partial charge >= 0.3 is 0 Å². The molecule has 0 saturated carbocycles. The number of carbonyl (C=O) groups excluding carboxylic acids is 1. The second-order valence-electron chi connectivity index (χ2n) is 4.93. The second-order valence-corrected chi connectivity index (χ2v) is 4.93. The van der Waals surface area contributed by atoms with Gasteiger partial charge in [0.05, 0.1) is 7.11 Å². The van der Waals surface area contributed by atoms with Crippen LogP contribution in [-0.4, -0.2) is 18.0 Å². The fourth-order valence-electron chi connectivity index (χ4n) is 2.24. The number of aryl methyl sites for hydroxylation is 1. The minimum atomic E-state index is -0.0401. The van der Waals surface area contributed by atoms with Crippen LogP contribution in [0.2, 0.25) is 0 Å². The number of ether oxygens (including phenoxy) is 1. The van der Waals surface area contributed by atoms with Gasteiger partial charge in [-0.05, 0) is 36.2 Å². The van der Waals surface area contributed by atoms with Crippen LogP contribution < -0.4 is 10.1 Å². The van der Waals surface area contributed by atoms with Crippen LogP contribution in [-0.2, 0) is 11.2 Å². The summed E-state index contributed by atoms with van der Waals surface area (Å²) in [6.07, 6.45) is 2.45. The van der Waals surface area contributed by atoms with E-state index in [2.05, 4.69) is 10.3 Å². The fourth-order valence-corrected chi connectivity index (χ4v) is 2.24. The molecular formula is C17H16N2O3. The van der Waals surface area contributed by atoms with Crippen molar-refractivity contribution in [2.24, 2.45) is 0 Å². The lowest BCUT2D eigenvalue weighted by atomic mass is 10.1. The number of aromatic nitrogens is 1. The average molecular weight is 296 g/mol. The topological polar surface area (TPSA) is 64.4 Å². The van der Waals surface area contributed by atoms with Crippen LogP contribution in [0.4, 0.5) is 5.69 Å². The molecule has 0 atom stereocenters. The number of fused-ring (bicyclic) bond motifs is 1. The minimum Gasteiger partial charge on any atom is -0.497 e. The van der Waals surface area contributed by atoms with Crippen LogP contribution in [0.1, 0.15) is 12.0 Å². The molecule has 0 bridgehead atoms. The zero-order valence-corrected chi connectivity index (χ0v) is 12.2. The molecule has 0 radical (unpaired) electrons. The molecule has 0 aliphatic rings. The highest BCUT2D eigenvalue weighted by Crippen LogP contribution is 2.18. The van der Waals surface area contributed by atoms with Crippen molar-refractivity contribution in [3.8, 4) is 5.75 Å². The first-order valence-electron chi connectivity index (χ1n) is 7.00.